The van der Waals surface area contributed by atoms with Crippen LogP contribution in [0.4, 0.5) is 5.69 Å². The molecule has 2 aliphatic heterocycles. The Morgan fingerprint density at radius 3 is 2.30 bits per heavy atom. The van der Waals surface area contributed by atoms with Gasteiger partial charge >= 0.3 is 0 Å². The van der Waals surface area contributed by atoms with Crippen molar-refractivity contribution < 1.29 is 4.79 Å². The van der Waals surface area contributed by atoms with Crippen LogP contribution in [0.15, 0.2) is 58.4 Å². The summed E-state index contributed by atoms with van der Waals surface area (Å²) in [5.74, 6) is -0.146. The molecule has 1 saturated heterocycles. The zero-order valence-electron chi connectivity index (χ0n) is 17.6. The first-order valence-electron chi connectivity index (χ1n) is 10.2. The number of rotatable bonds is 2. The van der Waals surface area contributed by atoms with Crippen LogP contribution in [0, 0.1) is 0 Å². The highest BCUT2D eigenvalue weighted by molar-refractivity contribution is 8.18. The van der Waals surface area contributed by atoms with Crippen LogP contribution in [-0.2, 0) is 10.2 Å². The Kier molecular flexibility index (Phi) is 5.94. The van der Waals surface area contributed by atoms with Gasteiger partial charge in [-0.1, -0.05) is 62.7 Å². The van der Waals surface area contributed by atoms with Crippen LogP contribution in [0.3, 0.4) is 0 Å². The lowest BCUT2D eigenvalue weighted by atomic mass is 9.87. The van der Waals surface area contributed by atoms with Crippen LogP contribution in [0.5, 0.6) is 0 Å². The van der Waals surface area contributed by atoms with E-state index in [9.17, 15) is 4.79 Å². The molecule has 4 rings (SSSR count). The number of amides is 1. The normalized spacial score (nSPS) is 18.9. The summed E-state index contributed by atoms with van der Waals surface area (Å²) in [5.41, 5.74) is 3.57. The van der Waals surface area contributed by atoms with Gasteiger partial charge in [-0.15, -0.1) is 0 Å². The molecule has 0 atom stereocenters. The Bertz CT molecular complexity index is 1000. The van der Waals surface area contributed by atoms with Crippen LogP contribution in [0.1, 0.15) is 31.9 Å². The molecule has 2 heterocycles. The van der Waals surface area contributed by atoms with Crippen LogP contribution in [0.25, 0.3) is 6.08 Å². The fourth-order valence-electron chi connectivity index (χ4n) is 3.59. The number of anilines is 1. The molecule has 156 valence electrons. The predicted octanol–water partition coefficient (Wildman–Crippen LogP) is 5.43. The lowest BCUT2D eigenvalue weighted by Crippen LogP contribution is -2.47. The second-order valence-corrected chi connectivity index (χ2v) is 10.1. The van der Waals surface area contributed by atoms with Gasteiger partial charge in [0.15, 0.2) is 5.17 Å². The Labute approximate surface area is 187 Å². The van der Waals surface area contributed by atoms with E-state index < -0.39 is 0 Å². The van der Waals surface area contributed by atoms with E-state index in [1.54, 1.807) is 0 Å². The topological polar surface area (TPSA) is 35.9 Å². The van der Waals surface area contributed by atoms with E-state index in [1.807, 2.05) is 24.3 Å². The van der Waals surface area contributed by atoms with Gasteiger partial charge in [-0.2, -0.15) is 4.99 Å². The van der Waals surface area contributed by atoms with Gasteiger partial charge in [0.05, 0.1) is 4.91 Å². The molecule has 0 aromatic heterocycles. The summed E-state index contributed by atoms with van der Waals surface area (Å²) in [7, 11) is 0. The third-order valence-corrected chi connectivity index (χ3v) is 6.69. The van der Waals surface area contributed by atoms with Gasteiger partial charge in [0.25, 0.3) is 5.91 Å². The first kappa shape index (κ1) is 21.0. The number of carbonyl (C=O) groups is 1. The van der Waals surface area contributed by atoms with Gasteiger partial charge in [-0.05, 0) is 52.6 Å². The van der Waals surface area contributed by atoms with Crippen molar-refractivity contribution in [1.29, 1.82) is 0 Å². The van der Waals surface area contributed by atoms with Crippen LogP contribution in [-0.4, -0.2) is 42.2 Å². The number of amidine groups is 1. The fraction of sp³-hybridized carbons (Fsp3) is 0.333. The van der Waals surface area contributed by atoms with Crippen LogP contribution in [0.2, 0.25) is 5.02 Å². The van der Waals surface area contributed by atoms with E-state index in [1.165, 1.54) is 17.3 Å². The minimum Gasteiger partial charge on any atom is -0.368 e. The van der Waals surface area contributed by atoms with Crippen molar-refractivity contribution >= 4 is 46.2 Å². The number of carbonyl (C=O) groups excluding carboxylic acids is 1. The number of thioether (sulfide) groups is 1. The molecule has 0 saturated carbocycles. The summed E-state index contributed by atoms with van der Waals surface area (Å²) < 4.78 is 0. The average molecular weight is 440 g/mol. The maximum absolute atomic E-state index is 12.5. The molecule has 6 heteroatoms. The molecular weight excluding hydrogens is 414 g/mol. The van der Waals surface area contributed by atoms with Crippen molar-refractivity contribution in [3.8, 4) is 0 Å². The molecule has 0 bridgehead atoms. The fourth-order valence-corrected chi connectivity index (χ4v) is 4.74. The van der Waals surface area contributed by atoms with E-state index in [4.69, 9.17) is 11.6 Å². The maximum Gasteiger partial charge on any atom is 0.286 e. The highest BCUT2D eigenvalue weighted by atomic mass is 35.5. The molecule has 2 aliphatic rings. The molecule has 2 aromatic rings. The summed E-state index contributed by atoms with van der Waals surface area (Å²) in [5, 5.41) is 1.56. The van der Waals surface area contributed by atoms with Crippen molar-refractivity contribution in [2.75, 3.05) is 31.1 Å². The van der Waals surface area contributed by atoms with Crippen molar-refractivity contribution in [2.24, 2.45) is 4.99 Å². The summed E-state index contributed by atoms with van der Waals surface area (Å²) >= 11 is 7.60. The minimum atomic E-state index is -0.146. The van der Waals surface area contributed by atoms with E-state index in [0.29, 0.717) is 4.91 Å². The van der Waals surface area contributed by atoms with Gasteiger partial charge in [0.2, 0.25) is 0 Å². The average Bonchev–Trinajstić information content (AvgIpc) is 3.08. The summed E-state index contributed by atoms with van der Waals surface area (Å²) in [4.78, 5) is 22.0. The number of halogens is 1. The SMILES string of the molecule is CC(C)(C)c1ccc(/C=C2/SC(N3CCN(c4cccc(Cl)c4)CC3)=NC2=O)cc1. The molecule has 0 radical (unpaired) electrons. The first-order chi connectivity index (χ1) is 14.3. The predicted molar refractivity (Wildman–Crippen MR) is 128 cm³/mol. The van der Waals surface area contributed by atoms with Crippen molar-refractivity contribution in [1.82, 2.24) is 4.90 Å². The van der Waals surface area contributed by atoms with Crippen molar-refractivity contribution in [3.05, 3.63) is 69.6 Å². The molecule has 1 amide bonds. The smallest absolute Gasteiger partial charge is 0.286 e. The third kappa shape index (κ3) is 4.73. The number of hydrogen-bond acceptors (Lipinski definition) is 4. The highest BCUT2D eigenvalue weighted by Crippen LogP contribution is 2.32. The lowest BCUT2D eigenvalue weighted by molar-refractivity contribution is -0.113. The van der Waals surface area contributed by atoms with Gasteiger partial charge in [0.1, 0.15) is 0 Å². The first-order valence-corrected chi connectivity index (χ1v) is 11.4. The Hall–Kier alpha value is -2.24. The van der Waals surface area contributed by atoms with Gasteiger partial charge in [0, 0.05) is 36.9 Å². The second-order valence-electron chi connectivity index (χ2n) is 8.64. The molecular formula is C24H26ClN3OS. The van der Waals surface area contributed by atoms with Crippen molar-refractivity contribution in [2.45, 2.75) is 26.2 Å². The molecule has 0 aliphatic carbocycles. The molecule has 0 spiro atoms. The summed E-state index contributed by atoms with van der Waals surface area (Å²) in [6.07, 6.45) is 1.94. The quantitative estimate of drug-likeness (QED) is 0.584. The summed E-state index contributed by atoms with van der Waals surface area (Å²) in [6.45, 7) is 10.0. The van der Waals surface area contributed by atoms with Gasteiger partial charge in [-0.25, -0.2) is 0 Å². The molecule has 30 heavy (non-hydrogen) atoms. The van der Waals surface area contributed by atoms with Gasteiger partial charge in [-0.3, -0.25) is 4.79 Å². The van der Waals surface area contributed by atoms with E-state index >= 15 is 0 Å². The molecule has 2 aromatic carbocycles. The number of aliphatic imine (C=N–C) groups is 1. The molecule has 1 fully saturated rings. The second kappa shape index (κ2) is 8.48. The van der Waals surface area contributed by atoms with E-state index in [2.05, 4.69) is 65.9 Å². The largest absolute Gasteiger partial charge is 0.368 e. The van der Waals surface area contributed by atoms with Crippen LogP contribution >= 0.6 is 23.4 Å². The maximum atomic E-state index is 12.5. The zero-order chi connectivity index (χ0) is 21.3. The van der Waals surface area contributed by atoms with Gasteiger partial charge < -0.3 is 9.80 Å². The van der Waals surface area contributed by atoms with E-state index in [0.717, 1.165) is 47.6 Å². The number of nitrogens with zero attached hydrogens (tertiary/aromatic N) is 3. The third-order valence-electron chi connectivity index (χ3n) is 5.41. The highest BCUT2D eigenvalue weighted by Gasteiger charge is 2.28. The molecule has 0 N–H and O–H groups in total. The number of piperazine rings is 1. The minimum absolute atomic E-state index is 0.118. The standard InChI is InChI=1S/C24H26ClN3OS/c1-24(2,3)18-9-7-17(8-10-18)15-21-22(29)26-23(30-21)28-13-11-27(12-14-28)20-6-4-5-19(25)16-20/h4-10,15-16H,11-14H2,1-3H3/b21-15+. The molecule has 0 unspecified atom stereocenters. The Morgan fingerprint density at radius 2 is 1.67 bits per heavy atom. The Balaban J connectivity index is 1.39. The number of benzene rings is 2. The lowest BCUT2D eigenvalue weighted by Gasteiger charge is -2.36. The molecule has 4 nitrogen and oxygen atoms in total. The number of hydrogen-bond donors (Lipinski definition) is 0. The van der Waals surface area contributed by atoms with Crippen LogP contribution < -0.4 is 4.90 Å². The van der Waals surface area contributed by atoms with Crippen molar-refractivity contribution in [3.63, 3.8) is 0 Å². The van der Waals surface area contributed by atoms with E-state index in [-0.39, 0.29) is 11.3 Å². The monoisotopic (exact) mass is 439 g/mol. The zero-order valence-corrected chi connectivity index (χ0v) is 19.1. The Morgan fingerprint density at radius 1 is 1.00 bits per heavy atom. The summed E-state index contributed by atoms with van der Waals surface area (Å²) in [6, 6.07) is 16.4.